The van der Waals surface area contributed by atoms with E-state index in [-0.39, 0.29) is 12.5 Å². The second kappa shape index (κ2) is 7.24. The van der Waals surface area contributed by atoms with Crippen molar-refractivity contribution in [1.82, 2.24) is 15.5 Å². The number of piperidine rings is 1. The quantitative estimate of drug-likeness (QED) is 0.724. The fourth-order valence-corrected chi connectivity index (χ4v) is 2.06. The third kappa shape index (κ3) is 4.70. The predicted molar refractivity (Wildman–Crippen MR) is 63.7 cm³/mol. The highest BCUT2D eigenvalue weighted by molar-refractivity contribution is 5.92. The van der Waals surface area contributed by atoms with Gasteiger partial charge in [0, 0.05) is 6.04 Å². The van der Waals surface area contributed by atoms with E-state index in [4.69, 9.17) is 0 Å². The van der Waals surface area contributed by atoms with Crippen molar-refractivity contribution in [3.05, 3.63) is 0 Å². The van der Waals surface area contributed by atoms with Crippen LogP contribution in [0.25, 0.3) is 0 Å². The zero-order chi connectivity index (χ0) is 12.7. The number of nitrogens with zero attached hydrogens (tertiary/aromatic N) is 1. The lowest BCUT2D eigenvalue weighted by molar-refractivity contribution is -0.122. The van der Waals surface area contributed by atoms with Crippen molar-refractivity contribution in [1.29, 1.82) is 0 Å². The Morgan fingerprint density at radius 1 is 1.41 bits per heavy atom. The molecule has 2 N–H and O–H groups in total. The number of likely N-dealkylation sites (N-methyl/N-ethyl adjacent to an activating group) is 1. The van der Waals surface area contributed by atoms with Gasteiger partial charge in [-0.15, -0.1) is 0 Å². The molecule has 0 aromatic rings. The van der Waals surface area contributed by atoms with Crippen LogP contribution in [-0.2, 0) is 9.53 Å². The number of ether oxygens (including phenoxy) is 1. The first-order valence-electron chi connectivity index (χ1n) is 6.00. The molecule has 6 heteroatoms. The van der Waals surface area contributed by atoms with Crippen LogP contribution in [0.3, 0.4) is 0 Å². The van der Waals surface area contributed by atoms with Crippen LogP contribution in [0.2, 0.25) is 0 Å². The first-order valence-corrected chi connectivity index (χ1v) is 6.00. The summed E-state index contributed by atoms with van der Waals surface area (Å²) < 4.78 is 4.38. The minimum atomic E-state index is -0.698. The largest absolute Gasteiger partial charge is 0.453 e. The number of nitrogens with one attached hydrogen (secondary N) is 2. The van der Waals surface area contributed by atoms with Crippen molar-refractivity contribution < 1.29 is 14.3 Å². The molecule has 1 saturated heterocycles. The van der Waals surface area contributed by atoms with Gasteiger partial charge in [-0.1, -0.05) is 6.92 Å². The van der Waals surface area contributed by atoms with E-state index in [9.17, 15) is 9.59 Å². The highest BCUT2D eigenvalue weighted by atomic mass is 16.5. The van der Waals surface area contributed by atoms with E-state index in [1.54, 1.807) is 0 Å². The number of amides is 2. The normalized spacial score (nSPS) is 16.9. The number of rotatable bonds is 4. The van der Waals surface area contributed by atoms with Gasteiger partial charge in [-0.25, -0.2) is 4.79 Å². The maximum absolute atomic E-state index is 11.6. The predicted octanol–water partition coefficient (Wildman–Crippen LogP) is -0.0571. The molecule has 1 aliphatic heterocycles. The SMILES string of the molecule is CCN(CC(=O)NC(=O)OC)C1CCNCC1. The summed E-state index contributed by atoms with van der Waals surface area (Å²) in [6.07, 6.45) is 1.38. The number of hydrogen-bond acceptors (Lipinski definition) is 5. The molecule has 17 heavy (non-hydrogen) atoms. The van der Waals surface area contributed by atoms with Crippen LogP contribution in [0, 0.1) is 0 Å². The molecule has 6 nitrogen and oxygen atoms in total. The zero-order valence-electron chi connectivity index (χ0n) is 10.5. The molecule has 0 aromatic carbocycles. The Balaban J connectivity index is 2.39. The van der Waals surface area contributed by atoms with Gasteiger partial charge in [-0.05, 0) is 32.5 Å². The molecule has 0 atom stereocenters. The number of methoxy groups -OCH3 is 1. The molecule has 0 radical (unpaired) electrons. The van der Waals surface area contributed by atoms with Gasteiger partial charge >= 0.3 is 6.09 Å². The van der Waals surface area contributed by atoms with Crippen molar-refractivity contribution in [2.45, 2.75) is 25.8 Å². The van der Waals surface area contributed by atoms with Crippen molar-refractivity contribution in [3.8, 4) is 0 Å². The second-order valence-electron chi connectivity index (χ2n) is 4.08. The van der Waals surface area contributed by atoms with E-state index >= 15 is 0 Å². The Morgan fingerprint density at radius 2 is 2.06 bits per heavy atom. The molecule has 1 fully saturated rings. The molecular formula is C11H21N3O3. The Kier molecular flexibility index (Phi) is 5.93. The van der Waals surface area contributed by atoms with Gasteiger partial charge < -0.3 is 10.1 Å². The van der Waals surface area contributed by atoms with Crippen LogP contribution in [0.4, 0.5) is 4.79 Å². The Bertz CT molecular complexity index is 265. The summed E-state index contributed by atoms with van der Waals surface area (Å²) in [5, 5.41) is 5.46. The molecule has 2 amide bonds. The van der Waals surface area contributed by atoms with Crippen LogP contribution in [-0.4, -0.2) is 56.2 Å². The standard InChI is InChI=1S/C11H21N3O3/c1-3-14(9-4-6-12-7-5-9)8-10(15)13-11(16)17-2/h9,12H,3-8H2,1-2H3,(H,13,15,16). The van der Waals surface area contributed by atoms with E-state index < -0.39 is 6.09 Å². The van der Waals surface area contributed by atoms with Crippen LogP contribution >= 0.6 is 0 Å². The molecule has 1 heterocycles. The lowest BCUT2D eigenvalue weighted by Gasteiger charge is -2.33. The molecule has 0 bridgehead atoms. The van der Waals surface area contributed by atoms with Crippen molar-refractivity contribution in [3.63, 3.8) is 0 Å². The van der Waals surface area contributed by atoms with E-state index in [0.29, 0.717) is 6.04 Å². The number of hydrogen-bond donors (Lipinski definition) is 2. The first-order chi connectivity index (χ1) is 8.17. The minimum absolute atomic E-state index is 0.246. The molecule has 1 rings (SSSR count). The topological polar surface area (TPSA) is 70.7 Å². The monoisotopic (exact) mass is 243 g/mol. The van der Waals surface area contributed by atoms with Gasteiger partial charge in [-0.3, -0.25) is 15.0 Å². The number of alkyl carbamates (subject to hydrolysis) is 1. The van der Waals surface area contributed by atoms with Crippen molar-refractivity contribution in [2.75, 3.05) is 33.3 Å². The molecule has 98 valence electrons. The summed E-state index contributed by atoms with van der Waals surface area (Å²) in [4.78, 5) is 24.5. The maximum atomic E-state index is 11.6. The fourth-order valence-electron chi connectivity index (χ4n) is 2.06. The van der Waals surface area contributed by atoms with E-state index in [1.165, 1.54) is 7.11 Å². The zero-order valence-corrected chi connectivity index (χ0v) is 10.5. The van der Waals surface area contributed by atoms with E-state index in [0.717, 1.165) is 32.5 Å². The summed E-state index contributed by atoms with van der Waals surface area (Å²) >= 11 is 0. The number of carbonyl (C=O) groups is 2. The second-order valence-corrected chi connectivity index (χ2v) is 4.08. The Hall–Kier alpha value is -1.14. The average molecular weight is 243 g/mol. The van der Waals surface area contributed by atoms with Crippen molar-refractivity contribution in [2.24, 2.45) is 0 Å². The van der Waals surface area contributed by atoms with Crippen LogP contribution in [0.5, 0.6) is 0 Å². The Labute approximate surface area is 102 Å². The summed E-state index contributed by atoms with van der Waals surface area (Å²) in [6, 6.07) is 0.421. The molecule has 0 saturated carbocycles. The summed E-state index contributed by atoms with van der Waals surface area (Å²) in [5.74, 6) is -0.308. The lowest BCUT2D eigenvalue weighted by Crippen LogP contribution is -2.48. The molecule has 0 unspecified atom stereocenters. The van der Waals surface area contributed by atoms with E-state index in [1.807, 2.05) is 6.92 Å². The van der Waals surface area contributed by atoms with Gasteiger partial charge in [0.25, 0.3) is 0 Å². The third-order valence-electron chi connectivity index (χ3n) is 3.00. The van der Waals surface area contributed by atoms with Gasteiger partial charge in [-0.2, -0.15) is 0 Å². The summed E-state index contributed by atoms with van der Waals surface area (Å²) in [7, 11) is 1.24. The minimum Gasteiger partial charge on any atom is -0.453 e. The summed E-state index contributed by atoms with van der Waals surface area (Å²) in [5.41, 5.74) is 0. The molecule has 0 aliphatic carbocycles. The van der Waals surface area contributed by atoms with Crippen LogP contribution < -0.4 is 10.6 Å². The van der Waals surface area contributed by atoms with Gasteiger partial charge in [0.05, 0.1) is 13.7 Å². The van der Waals surface area contributed by atoms with E-state index in [2.05, 4.69) is 20.3 Å². The number of carbonyl (C=O) groups excluding carboxylic acids is 2. The molecule has 0 aromatic heterocycles. The van der Waals surface area contributed by atoms with Crippen LogP contribution in [0.15, 0.2) is 0 Å². The molecular weight excluding hydrogens is 222 g/mol. The first kappa shape index (κ1) is 13.9. The Morgan fingerprint density at radius 3 is 2.59 bits per heavy atom. The number of imide groups is 1. The average Bonchev–Trinajstić information content (AvgIpc) is 2.36. The van der Waals surface area contributed by atoms with Gasteiger partial charge in [0.2, 0.25) is 5.91 Å². The highest BCUT2D eigenvalue weighted by Crippen LogP contribution is 2.10. The van der Waals surface area contributed by atoms with Gasteiger partial charge in [0.15, 0.2) is 0 Å². The molecule has 1 aliphatic rings. The van der Waals surface area contributed by atoms with Crippen LogP contribution in [0.1, 0.15) is 19.8 Å². The maximum Gasteiger partial charge on any atom is 0.413 e. The van der Waals surface area contributed by atoms with Crippen molar-refractivity contribution >= 4 is 12.0 Å². The summed E-state index contributed by atoms with van der Waals surface area (Å²) in [6.45, 7) is 5.04. The molecule has 0 spiro atoms. The highest BCUT2D eigenvalue weighted by Gasteiger charge is 2.22. The fraction of sp³-hybridized carbons (Fsp3) is 0.818. The van der Waals surface area contributed by atoms with Gasteiger partial charge in [0.1, 0.15) is 0 Å². The lowest BCUT2D eigenvalue weighted by atomic mass is 10.0. The third-order valence-corrected chi connectivity index (χ3v) is 3.00. The smallest absolute Gasteiger partial charge is 0.413 e.